The highest BCUT2D eigenvalue weighted by Gasteiger charge is 2.18. The smallest absolute Gasteiger partial charge is 0.226 e. The molecular weight excluding hydrogens is 494 g/mol. The van der Waals surface area contributed by atoms with Crippen LogP contribution in [0.25, 0.3) is 0 Å². The van der Waals surface area contributed by atoms with Crippen molar-refractivity contribution in [2.24, 2.45) is 5.11 Å². The molecule has 0 unspecified atom stereocenters. The predicted octanol–water partition coefficient (Wildman–Crippen LogP) is 2.25. The lowest BCUT2D eigenvalue weighted by Crippen LogP contribution is -2.37. The first-order valence-electron chi connectivity index (χ1n) is 15.0. The highest BCUT2D eigenvalue weighted by atomic mass is 16.5. The summed E-state index contributed by atoms with van der Waals surface area (Å²) in [6, 6.07) is 3.15. The van der Waals surface area contributed by atoms with Crippen LogP contribution < -0.4 is 36.8 Å². The SMILES string of the molecule is N=N/C(=C\NCCCNCCNC1CCCCC1)CNc1nc(NC2CCNCC2)cc(N2CCOCC2)n1. The zero-order chi connectivity index (χ0) is 27.0. The highest BCUT2D eigenvalue weighted by Crippen LogP contribution is 2.21. The molecule has 0 atom stereocenters. The summed E-state index contributed by atoms with van der Waals surface area (Å²) in [6.45, 7) is 9.27. The Morgan fingerprint density at radius 2 is 1.85 bits per heavy atom. The topological polar surface area (TPSA) is 147 Å². The maximum Gasteiger partial charge on any atom is 0.226 e. The van der Waals surface area contributed by atoms with Crippen LogP contribution in [0.4, 0.5) is 17.6 Å². The Labute approximate surface area is 233 Å². The predicted molar refractivity (Wildman–Crippen MR) is 157 cm³/mol. The van der Waals surface area contributed by atoms with E-state index in [9.17, 15) is 0 Å². The van der Waals surface area contributed by atoms with Crippen molar-refractivity contribution >= 4 is 17.6 Å². The van der Waals surface area contributed by atoms with Crippen LogP contribution in [-0.2, 0) is 4.74 Å². The molecule has 3 aliphatic rings. The second-order valence-electron chi connectivity index (χ2n) is 10.7. The van der Waals surface area contributed by atoms with Gasteiger partial charge < -0.3 is 41.5 Å². The van der Waals surface area contributed by atoms with Crippen molar-refractivity contribution in [1.82, 2.24) is 31.2 Å². The van der Waals surface area contributed by atoms with E-state index in [1.54, 1.807) is 0 Å². The van der Waals surface area contributed by atoms with Crippen LogP contribution in [0.5, 0.6) is 0 Å². The van der Waals surface area contributed by atoms with Gasteiger partial charge in [-0.2, -0.15) is 15.1 Å². The van der Waals surface area contributed by atoms with Crippen molar-refractivity contribution in [2.45, 2.75) is 63.5 Å². The molecule has 39 heavy (non-hydrogen) atoms. The monoisotopic (exact) mass is 543 g/mol. The van der Waals surface area contributed by atoms with Crippen LogP contribution in [0.15, 0.2) is 23.1 Å². The average molecular weight is 544 g/mol. The third-order valence-electron chi connectivity index (χ3n) is 7.59. The standard InChI is InChI=1S/C27H49N11O/c28-37-24(20-31-10-4-9-29-13-14-32-22-5-2-1-3-6-22)21-33-27-35-25(34-23-7-11-30-12-8-23)19-26(36-27)38-15-17-39-18-16-38/h19-20,22-23,28-32H,1-18,21H2,(H2,33,34,35,36)/b24-20-,37-28?. The maximum atomic E-state index is 7.59. The largest absolute Gasteiger partial charge is 0.389 e. The first kappa shape index (κ1) is 29.4. The van der Waals surface area contributed by atoms with Crippen molar-refractivity contribution < 1.29 is 4.74 Å². The summed E-state index contributed by atoms with van der Waals surface area (Å²) < 4.78 is 5.52. The maximum absolute atomic E-state index is 7.59. The van der Waals surface area contributed by atoms with Gasteiger partial charge in [0.2, 0.25) is 5.95 Å². The second kappa shape index (κ2) is 17.2. The van der Waals surface area contributed by atoms with E-state index >= 15 is 0 Å². The lowest BCUT2D eigenvalue weighted by Gasteiger charge is -2.29. The highest BCUT2D eigenvalue weighted by molar-refractivity contribution is 5.54. The Kier molecular flexibility index (Phi) is 13.0. The van der Waals surface area contributed by atoms with Crippen LogP contribution >= 0.6 is 0 Å². The van der Waals surface area contributed by atoms with E-state index in [-0.39, 0.29) is 0 Å². The molecule has 0 amide bonds. The molecule has 1 saturated carbocycles. The van der Waals surface area contributed by atoms with Crippen LogP contribution in [0.3, 0.4) is 0 Å². The van der Waals surface area contributed by atoms with Gasteiger partial charge in [0.05, 0.1) is 25.5 Å². The van der Waals surface area contributed by atoms with Gasteiger partial charge in [-0.3, -0.25) is 0 Å². The molecule has 2 aliphatic heterocycles. The number of nitrogens with one attached hydrogen (secondary N) is 7. The Bertz CT molecular complexity index is 865. The van der Waals surface area contributed by atoms with Crippen molar-refractivity contribution in [1.29, 1.82) is 5.53 Å². The fourth-order valence-corrected chi connectivity index (χ4v) is 5.31. The second-order valence-corrected chi connectivity index (χ2v) is 10.7. The van der Waals surface area contributed by atoms with Gasteiger partial charge in [0.1, 0.15) is 11.6 Å². The fraction of sp³-hybridized carbons (Fsp3) is 0.778. The van der Waals surface area contributed by atoms with E-state index < -0.39 is 0 Å². The van der Waals surface area contributed by atoms with E-state index in [1.165, 1.54) is 32.1 Å². The quantitative estimate of drug-likeness (QED) is 0.122. The van der Waals surface area contributed by atoms with Crippen LogP contribution in [0.2, 0.25) is 0 Å². The summed E-state index contributed by atoms with van der Waals surface area (Å²) >= 11 is 0. The molecule has 3 fully saturated rings. The number of morpholine rings is 1. The van der Waals surface area contributed by atoms with Crippen molar-refractivity contribution in [3.63, 3.8) is 0 Å². The molecule has 4 rings (SSSR count). The minimum atomic E-state index is 0.376. The molecule has 0 radical (unpaired) electrons. The third-order valence-corrected chi connectivity index (χ3v) is 7.59. The molecule has 12 heteroatoms. The number of anilines is 3. The summed E-state index contributed by atoms with van der Waals surface area (Å²) in [5.41, 5.74) is 8.20. The van der Waals surface area contributed by atoms with Gasteiger partial charge in [0, 0.05) is 57.1 Å². The number of rotatable bonds is 16. The van der Waals surface area contributed by atoms with E-state index in [1.807, 2.05) is 12.3 Å². The Morgan fingerprint density at radius 1 is 1.03 bits per heavy atom. The molecule has 7 N–H and O–H groups in total. The molecule has 1 aromatic heterocycles. The third kappa shape index (κ3) is 10.9. The lowest BCUT2D eigenvalue weighted by molar-refractivity contribution is 0.122. The molecule has 1 aliphatic carbocycles. The minimum Gasteiger partial charge on any atom is -0.389 e. The molecule has 2 saturated heterocycles. The van der Waals surface area contributed by atoms with Gasteiger partial charge in [-0.25, -0.2) is 5.53 Å². The van der Waals surface area contributed by atoms with Gasteiger partial charge >= 0.3 is 0 Å². The number of ether oxygens (including phenoxy) is 1. The van der Waals surface area contributed by atoms with Gasteiger partial charge in [0.25, 0.3) is 0 Å². The molecule has 12 nitrogen and oxygen atoms in total. The van der Waals surface area contributed by atoms with Gasteiger partial charge in [-0.15, -0.1) is 0 Å². The van der Waals surface area contributed by atoms with Crippen molar-refractivity contribution in [2.75, 3.05) is 87.7 Å². The Hall–Kier alpha value is -2.54. The number of aromatic nitrogens is 2. The molecule has 0 aromatic carbocycles. The summed E-state index contributed by atoms with van der Waals surface area (Å²) in [4.78, 5) is 11.7. The summed E-state index contributed by atoms with van der Waals surface area (Å²) in [5.74, 6) is 2.25. The normalized spacial score (nSPS) is 19.6. The molecule has 3 heterocycles. The van der Waals surface area contributed by atoms with Crippen LogP contribution in [-0.4, -0.2) is 94.2 Å². The van der Waals surface area contributed by atoms with E-state index in [2.05, 4.69) is 41.9 Å². The van der Waals surface area contributed by atoms with E-state index in [0.29, 0.717) is 37.4 Å². The lowest BCUT2D eigenvalue weighted by atomic mass is 9.95. The molecule has 1 aromatic rings. The zero-order valence-electron chi connectivity index (χ0n) is 23.4. The molecule has 218 valence electrons. The summed E-state index contributed by atoms with van der Waals surface area (Å²) in [6.07, 6.45) is 11.8. The zero-order valence-corrected chi connectivity index (χ0v) is 23.4. The van der Waals surface area contributed by atoms with Gasteiger partial charge in [-0.05, 0) is 51.7 Å². The Balaban J connectivity index is 1.19. The fourth-order valence-electron chi connectivity index (χ4n) is 5.31. The minimum absolute atomic E-state index is 0.376. The van der Waals surface area contributed by atoms with E-state index in [0.717, 1.165) is 89.3 Å². The number of nitrogens with zero attached hydrogens (tertiary/aromatic N) is 4. The van der Waals surface area contributed by atoms with Crippen molar-refractivity contribution in [3.8, 4) is 0 Å². The number of hydrogen-bond acceptors (Lipinski definition) is 12. The van der Waals surface area contributed by atoms with E-state index in [4.69, 9.17) is 20.2 Å². The number of piperidine rings is 1. The molecular formula is C27H49N11O. The first-order valence-corrected chi connectivity index (χ1v) is 15.0. The van der Waals surface area contributed by atoms with Gasteiger partial charge in [0.15, 0.2) is 0 Å². The molecule has 0 bridgehead atoms. The van der Waals surface area contributed by atoms with Crippen LogP contribution in [0, 0.1) is 5.53 Å². The summed E-state index contributed by atoms with van der Waals surface area (Å²) in [5, 5.41) is 24.4. The first-order chi connectivity index (χ1) is 19.3. The van der Waals surface area contributed by atoms with Crippen molar-refractivity contribution in [3.05, 3.63) is 18.0 Å². The molecule has 0 spiro atoms. The summed E-state index contributed by atoms with van der Waals surface area (Å²) in [7, 11) is 0. The van der Waals surface area contributed by atoms with Crippen LogP contribution in [0.1, 0.15) is 51.4 Å². The average Bonchev–Trinajstić information content (AvgIpc) is 2.99. The number of hydrogen-bond donors (Lipinski definition) is 7. The Morgan fingerprint density at radius 3 is 2.64 bits per heavy atom. The van der Waals surface area contributed by atoms with Gasteiger partial charge in [-0.1, -0.05) is 19.3 Å².